The van der Waals surface area contributed by atoms with Crippen molar-refractivity contribution < 1.29 is 4.79 Å². The SMILES string of the molecule is CSCCC(C)NC(=O)C1(c2ccc(N)cc2)CC1. The number of amides is 1. The Hall–Kier alpha value is -1.16. The lowest BCUT2D eigenvalue weighted by molar-refractivity contribution is -0.124. The van der Waals surface area contributed by atoms with Gasteiger partial charge in [0, 0.05) is 11.7 Å². The van der Waals surface area contributed by atoms with Crippen molar-refractivity contribution >= 4 is 23.4 Å². The highest BCUT2D eigenvalue weighted by Crippen LogP contribution is 2.48. The minimum atomic E-state index is -0.290. The molecule has 1 amide bonds. The third-order valence-electron chi connectivity index (χ3n) is 3.78. The number of carbonyl (C=O) groups is 1. The van der Waals surface area contributed by atoms with Gasteiger partial charge in [0.1, 0.15) is 0 Å². The van der Waals surface area contributed by atoms with Crippen LogP contribution < -0.4 is 11.1 Å². The van der Waals surface area contributed by atoms with E-state index in [4.69, 9.17) is 5.73 Å². The number of hydrogen-bond donors (Lipinski definition) is 2. The van der Waals surface area contributed by atoms with Crippen LogP contribution in [-0.4, -0.2) is 24.0 Å². The Morgan fingerprint density at radius 1 is 1.42 bits per heavy atom. The lowest BCUT2D eigenvalue weighted by Gasteiger charge is -2.20. The highest BCUT2D eigenvalue weighted by Gasteiger charge is 2.51. The largest absolute Gasteiger partial charge is 0.399 e. The Morgan fingerprint density at radius 2 is 2.05 bits per heavy atom. The number of hydrogen-bond acceptors (Lipinski definition) is 3. The van der Waals surface area contributed by atoms with E-state index < -0.39 is 0 Å². The summed E-state index contributed by atoms with van der Waals surface area (Å²) >= 11 is 1.81. The molecule has 1 aliphatic rings. The normalized spacial score (nSPS) is 17.8. The number of nitrogen functional groups attached to an aromatic ring is 1. The fourth-order valence-electron chi connectivity index (χ4n) is 2.30. The third kappa shape index (κ3) is 3.24. The Labute approximate surface area is 119 Å². The molecule has 1 fully saturated rings. The summed E-state index contributed by atoms with van der Waals surface area (Å²) in [5, 5.41) is 3.15. The lowest BCUT2D eigenvalue weighted by Crippen LogP contribution is -2.40. The Bertz CT molecular complexity index is 440. The van der Waals surface area contributed by atoms with Gasteiger partial charge in [-0.3, -0.25) is 4.79 Å². The molecule has 0 bridgehead atoms. The maximum Gasteiger partial charge on any atom is 0.230 e. The van der Waals surface area contributed by atoms with Crippen LogP contribution in [0.3, 0.4) is 0 Å². The van der Waals surface area contributed by atoms with Crippen molar-refractivity contribution in [3.63, 3.8) is 0 Å². The first kappa shape index (κ1) is 14.3. The Balaban J connectivity index is 2.00. The molecule has 0 aliphatic heterocycles. The lowest BCUT2D eigenvalue weighted by atomic mass is 9.94. The van der Waals surface area contributed by atoms with E-state index >= 15 is 0 Å². The maximum absolute atomic E-state index is 12.4. The monoisotopic (exact) mass is 278 g/mol. The van der Waals surface area contributed by atoms with E-state index in [2.05, 4.69) is 18.5 Å². The third-order valence-corrected chi connectivity index (χ3v) is 4.42. The second-order valence-electron chi connectivity index (χ2n) is 5.36. The zero-order valence-electron chi connectivity index (χ0n) is 11.6. The summed E-state index contributed by atoms with van der Waals surface area (Å²) in [6.07, 6.45) is 4.99. The van der Waals surface area contributed by atoms with Crippen LogP contribution in [-0.2, 0) is 10.2 Å². The predicted octanol–water partition coefficient (Wildman–Crippen LogP) is 2.56. The van der Waals surface area contributed by atoms with Gasteiger partial charge < -0.3 is 11.1 Å². The molecular formula is C15H22N2OS. The van der Waals surface area contributed by atoms with Crippen molar-refractivity contribution in [2.24, 2.45) is 0 Å². The summed E-state index contributed by atoms with van der Waals surface area (Å²) in [7, 11) is 0. The average molecular weight is 278 g/mol. The van der Waals surface area contributed by atoms with Gasteiger partial charge in [-0.15, -0.1) is 0 Å². The van der Waals surface area contributed by atoms with E-state index in [0.29, 0.717) is 0 Å². The zero-order valence-corrected chi connectivity index (χ0v) is 12.4. The molecule has 0 heterocycles. The highest BCUT2D eigenvalue weighted by atomic mass is 32.2. The van der Waals surface area contributed by atoms with Gasteiger partial charge in [0.15, 0.2) is 0 Å². The van der Waals surface area contributed by atoms with E-state index in [1.807, 2.05) is 36.0 Å². The number of nitrogens with one attached hydrogen (secondary N) is 1. The predicted molar refractivity (Wildman–Crippen MR) is 82.4 cm³/mol. The van der Waals surface area contributed by atoms with Gasteiger partial charge in [0.25, 0.3) is 0 Å². The molecule has 4 heteroatoms. The number of thioether (sulfide) groups is 1. The fraction of sp³-hybridized carbons (Fsp3) is 0.533. The molecule has 0 saturated heterocycles. The number of benzene rings is 1. The first-order chi connectivity index (χ1) is 9.08. The van der Waals surface area contributed by atoms with Crippen LogP contribution in [0.4, 0.5) is 5.69 Å². The summed E-state index contributed by atoms with van der Waals surface area (Å²) < 4.78 is 0. The molecule has 3 nitrogen and oxygen atoms in total. The molecule has 1 aromatic carbocycles. The molecule has 3 N–H and O–H groups in total. The summed E-state index contributed by atoms with van der Waals surface area (Å²) in [4.78, 5) is 12.4. The first-order valence-corrected chi connectivity index (χ1v) is 8.14. The van der Waals surface area contributed by atoms with E-state index in [9.17, 15) is 4.79 Å². The van der Waals surface area contributed by atoms with Crippen molar-refractivity contribution in [1.82, 2.24) is 5.32 Å². The molecule has 1 atom stereocenters. The molecule has 2 rings (SSSR count). The van der Waals surface area contributed by atoms with Gasteiger partial charge in [0.05, 0.1) is 5.41 Å². The Kier molecular flexibility index (Phi) is 4.40. The topological polar surface area (TPSA) is 55.1 Å². The van der Waals surface area contributed by atoms with Crippen LogP contribution in [0.1, 0.15) is 31.7 Å². The Morgan fingerprint density at radius 3 is 2.58 bits per heavy atom. The minimum absolute atomic E-state index is 0.172. The van der Waals surface area contributed by atoms with Gasteiger partial charge >= 0.3 is 0 Å². The number of carbonyl (C=O) groups excluding carboxylic acids is 1. The summed E-state index contributed by atoms with van der Waals surface area (Å²) in [5.41, 5.74) is 7.25. The fourth-order valence-corrected chi connectivity index (χ4v) is 2.89. The average Bonchev–Trinajstić information content (AvgIpc) is 3.18. The molecule has 1 saturated carbocycles. The van der Waals surface area contributed by atoms with E-state index in [1.54, 1.807) is 0 Å². The highest BCUT2D eigenvalue weighted by molar-refractivity contribution is 7.98. The van der Waals surface area contributed by atoms with Crippen LogP contribution >= 0.6 is 11.8 Å². The quantitative estimate of drug-likeness (QED) is 0.786. The number of rotatable bonds is 6. The van der Waals surface area contributed by atoms with Crippen molar-refractivity contribution in [2.75, 3.05) is 17.7 Å². The van der Waals surface area contributed by atoms with Gasteiger partial charge in [-0.25, -0.2) is 0 Å². The van der Waals surface area contributed by atoms with Gasteiger partial charge in [-0.05, 0) is 55.9 Å². The molecule has 0 spiro atoms. The van der Waals surface area contributed by atoms with Crippen molar-refractivity contribution in [1.29, 1.82) is 0 Å². The molecule has 1 unspecified atom stereocenters. The van der Waals surface area contributed by atoms with Gasteiger partial charge in [0.2, 0.25) is 5.91 Å². The molecule has 1 aromatic rings. The minimum Gasteiger partial charge on any atom is -0.399 e. The molecule has 0 radical (unpaired) electrons. The number of nitrogens with two attached hydrogens (primary N) is 1. The van der Waals surface area contributed by atoms with E-state index in [0.717, 1.165) is 36.3 Å². The molecule has 19 heavy (non-hydrogen) atoms. The maximum atomic E-state index is 12.4. The van der Waals surface area contributed by atoms with Gasteiger partial charge in [-0.2, -0.15) is 11.8 Å². The summed E-state index contributed by atoms with van der Waals surface area (Å²) in [6, 6.07) is 7.95. The molecular weight excluding hydrogens is 256 g/mol. The molecule has 1 aliphatic carbocycles. The van der Waals surface area contributed by atoms with Crippen LogP contribution in [0.2, 0.25) is 0 Å². The van der Waals surface area contributed by atoms with Crippen LogP contribution in [0.5, 0.6) is 0 Å². The van der Waals surface area contributed by atoms with Crippen molar-refractivity contribution in [3.8, 4) is 0 Å². The zero-order chi connectivity index (χ0) is 13.9. The van der Waals surface area contributed by atoms with E-state index in [-0.39, 0.29) is 17.4 Å². The second-order valence-corrected chi connectivity index (χ2v) is 6.35. The summed E-state index contributed by atoms with van der Waals surface area (Å²) in [6.45, 7) is 2.08. The van der Waals surface area contributed by atoms with Crippen LogP contribution in [0, 0.1) is 0 Å². The smallest absolute Gasteiger partial charge is 0.230 e. The van der Waals surface area contributed by atoms with Crippen molar-refractivity contribution in [2.45, 2.75) is 37.6 Å². The molecule has 104 valence electrons. The molecule has 0 aromatic heterocycles. The second kappa shape index (κ2) is 5.87. The van der Waals surface area contributed by atoms with Gasteiger partial charge in [-0.1, -0.05) is 12.1 Å². The van der Waals surface area contributed by atoms with E-state index in [1.165, 1.54) is 0 Å². The van der Waals surface area contributed by atoms with Crippen LogP contribution in [0.15, 0.2) is 24.3 Å². The van der Waals surface area contributed by atoms with Crippen LogP contribution in [0.25, 0.3) is 0 Å². The number of anilines is 1. The van der Waals surface area contributed by atoms with Crippen molar-refractivity contribution in [3.05, 3.63) is 29.8 Å². The standard InChI is InChI=1S/C15H22N2OS/c1-11(7-10-19-2)17-14(18)15(8-9-15)12-3-5-13(16)6-4-12/h3-6,11H,7-10,16H2,1-2H3,(H,17,18). The first-order valence-electron chi connectivity index (χ1n) is 6.74. The summed E-state index contributed by atoms with van der Waals surface area (Å²) in [5.74, 6) is 1.25.